The van der Waals surface area contributed by atoms with E-state index >= 15 is 0 Å². The number of rotatable bonds is 2. The second-order valence-electron chi connectivity index (χ2n) is 7.37. The summed E-state index contributed by atoms with van der Waals surface area (Å²) in [5.41, 5.74) is 2.82. The number of fused-ring (bicyclic) bond motifs is 4. The van der Waals surface area contributed by atoms with Crippen LogP contribution in [0.2, 0.25) is 0 Å². The second-order valence-corrected chi connectivity index (χ2v) is 7.37. The van der Waals surface area contributed by atoms with Crippen LogP contribution < -0.4 is 14.2 Å². The molecule has 2 aliphatic heterocycles. The van der Waals surface area contributed by atoms with E-state index in [0.29, 0.717) is 24.5 Å². The summed E-state index contributed by atoms with van der Waals surface area (Å²) in [4.78, 5) is 2.45. The Bertz CT molecular complexity index is 805. The molecule has 4 heteroatoms. The zero-order valence-electron chi connectivity index (χ0n) is 14.6. The van der Waals surface area contributed by atoms with Gasteiger partial charge in [-0.3, -0.25) is 4.90 Å². The Labute approximate surface area is 148 Å². The van der Waals surface area contributed by atoms with Crippen molar-refractivity contribution in [3.8, 4) is 17.2 Å². The average Bonchev–Trinajstić information content (AvgIpc) is 3.15. The number of ether oxygens (including phenoxy) is 3. The molecule has 0 spiro atoms. The Balaban J connectivity index is 1.51. The minimum absolute atomic E-state index is 0.0331. The molecule has 4 nitrogen and oxygen atoms in total. The van der Waals surface area contributed by atoms with E-state index in [1.54, 1.807) is 7.11 Å². The van der Waals surface area contributed by atoms with Gasteiger partial charge < -0.3 is 14.2 Å². The highest BCUT2D eigenvalue weighted by atomic mass is 16.6. The van der Waals surface area contributed by atoms with Gasteiger partial charge in [0.25, 0.3) is 0 Å². The van der Waals surface area contributed by atoms with Crippen molar-refractivity contribution in [2.45, 2.75) is 24.5 Å². The van der Waals surface area contributed by atoms with E-state index in [1.807, 2.05) is 24.3 Å². The van der Waals surface area contributed by atoms with Gasteiger partial charge in [-0.05, 0) is 43.1 Å². The van der Waals surface area contributed by atoms with Gasteiger partial charge >= 0.3 is 0 Å². The second kappa shape index (κ2) is 5.67. The summed E-state index contributed by atoms with van der Waals surface area (Å²) in [5, 5.41) is 0. The summed E-state index contributed by atoms with van der Waals surface area (Å²) in [7, 11) is 3.98. The van der Waals surface area contributed by atoms with Gasteiger partial charge in [-0.1, -0.05) is 24.3 Å². The Morgan fingerprint density at radius 1 is 1.08 bits per heavy atom. The van der Waals surface area contributed by atoms with E-state index in [9.17, 15) is 0 Å². The van der Waals surface area contributed by atoms with Crippen molar-refractivity contribution in [3.05, 3.63) is 53.6 Å². The number of para-hydroxylation sites is 2. The van der Waals surface area contributed by atoms with Crippen LogP contribution in [-0.4, -0.2) is 44.4 Å². The van der Waals surface area contributed by atoms with Crippen molar-refractivity contribution in [2.24, 2.45) is 5.92 Å². The van der Waals surface area contributed by atoms with E-state index in [-0.39, 0.29) is 6.10 Å². The molecule has 25 heavy (non-hydrogen) atoms. The molecule has 0 radical (unpaired) electrons. The lowest BCUT2D eigenvalue weighted by Gasteiger charge is -2.36. The number of likely N-dealkylation sites (tertiary alicyclic amines) is 1. The van der Waals surface area contributed by atoms with Gasteiger partial charge in [0.1, 0.15) is 18.5 Å². The van der Waals surface area contributed by atoms with Gasteiger partial charge in [0.2, 0.25) is 0 Å². The fourth-order valence-electron chi connectivity index (χ4n) is 5.08. The Morgan fingerprint density at radius 2 is 1.92 bits per heavy atom. The lowest BCUT2D eigenvalue weighted by molar-refractivity contribution is 0.0314. The molecule has 3 unspecified atom stereocenters. The fourth-order valence-corrected chi connectivity index (χ4v) is 5.08. The molecule has 2 aromatic carbocycles. The third-order valence-electron chi connectivity index (χ3n) is 6.01. The predicted octanol–water partition coefficient (Wildman–Crippen LogP) is 3.11. The molecule has 2 aromatic rings. The summed E-state index contributed by atoms with van der Waals surface area (Å²) >= 11 is 0. The third-order valence-corrected chi connectivity index (χ3v) is 6.01. The van der Waals surface area contributed by atoms with Crippen LogP contribution in [0, 0.1) is 5.92 Å². The predicted molar refractivity (Wildman–Crippen MR) is 95.7 cm³/mol. The Kier molecular flexibility index (Phi) is 3.42. The van der Waals surface area contributed by atoms with Crippen LogP contribution >= 0.6 is 0 Å². The number of methoxy groups -OCH3 is 1. The molecular weight excluding hydrogens is 314 g/mol. The van der Waals surface area contributed by atoms with Crippen LogP contribution in [0.1, 0.15) is 17.0 Å². The molecule has 1 aliphatic carbocycles. The van der Waals surface area contributed by atoms with Crippen molar-refractivity contribution in [1.29, 1.82) is 0 Å². The van der Waals surface area contributed by atoms with Crippen LogP contribution in [0.15, 0.2) is 42.5 Å². The molecule has 0 saturated carbocycles. The van der Waals surface area contributed by atoms with Crippen LogP contribution in [-0.2, 0) is 6.42 Å². The van der Waals surface area contributed by atoms with E-state index in [4.69, 9.17) is 14.2 Å². The maximum atomic E-state index is 6.38. The van der Waals surface area contributed by atoms with E-state index in [0.717, 1.165) is 30.2 Å². The maximum Gasteiger partial charge on any atom is 0.161 e. The molecule has 130 valence electrons. The SMILES string of the molecule is COc1cccc2c1C1C(C2)CN(C)C1[C@@H]1COc2ccccc2O1. The monoisotopic (exact) mass is 337 g/mol. The first-order valence-electron chi connectivity index (χ1n) is 9.00. The van der Waals surface area contributed by atoms with Crippen LogP contribution in [0.25, 0.3) is 0 Å². The summed E-state index contributed by atoms with van der Waals surface area (Å²) in [6, 6.07) is 14.7. The lowest BCUT2D eigenvalue weighted by Crippen LogP contribution is -2.47. The number of likely N-dealkylation sites (N-methyl/N-ethyl adjacent to an activating group) is 1. The zero-order chi connectivity index (χ0) is 17.0. The highest BCUT2D eigenvalue weighted by Gasteiger charge is 2.51. The minimum atomic E-state index is 0.0331. The molecule has 0 amide bonds. The molecule has 0 N–H and O–H groups in total. The van der Waals surface area contributed by atoms with E-state index in [2.05, 4.69) is 30.1 Å². The molecule has 4 atom stereocenters. The van der Waals surface area contributed by atoms with Gasteiger partial charge in [-0.15, -0.1) is 0 Å². The van der Waals surface area contributed by atoms with Gasteiger partial charge in [-0.2, -0.15) is 0 Å². The normalized spacial score (nSPS) is 30.0. The van der Waals surface area contributed by atoms with Crippen molar-refractivity contribution < 1.29 is 14.2 Å². The fraction of sp³-hybridized carbons (Fsp3) is 0.429. The van der Waals surface area contributed by atoms with Crippen molar-refractivity contribution >= 4 is 0 Å². The van der Waals surface area contributed by atoms with Gasteiger partial charge in [0.15, 0.2) is 11.5 Å². The number of nitrogens with zero attached hydrogens (tertiary/aromatic N) is 1. The van der Waals surface area contributed by atoms with Crippen LogP contribution in [0.5, 0.6) is 17.2 Å². The summed E-state index contributed by atoms with van der Waals surface area (Å²) < 4.78 is 18.1. The molecule has 0 bridgehead atoms. The van der Waals surface area contributed by atoms with Gasteiger partial charge in [0, 0.05) is 18.0 Å². The Hall–Kier alpha value is -2.20. The molecule has 0 aromatic heterocycles. The quantitative estimate of drug-likeness (QED) is 0.843. The largest absolute Gasteiger partial charge is 0.496 e. The average molecular weight is 337 g/mol. The topological polar surface area (TPSA) is 30.9 Å². The summed E-state index contributed by atoms with van der Waals surface area (Å²) in [6.45, 7) is 1.69. The minimum Gasteiger partial charge on any atom is -0.496 e. The van der Waals surface area contributed by atoms with E-state index < -0.39 is 0 Å². The third kappa shape index (κ3) is 2.24. The van der Waals surface area contributed by atoms with Crippen molar-refractivity contribution in [3.63, 3.8) is 0 Å². The first kappa shape index (κ1) is 15.1. The number of hydrogen-bond donors (Lipinski definition) is 0. The van der Waals surface area contributed by atoms with Crippen molar-refractivity contribution in [2.75, 3.05) is 27.3 Å². The van der Waals surface area contributed by atoms with Crippen LogP contribution in [0.3, 0.4) is 0 Å². The molecule has 1 saturated heterocycles. The molecular formula is C21H23NO3. The smallest absolute Gasteiger partial charge is 0.161 e. The number of benzene rings is 2. The van der Waals surface area contributed by atoms with E-state index in [1.165, 1.54) is 11.1 Å². The van der Waals surface area contributed by atoms with Gasteiger partial charge in [-0.25, -0.2) is 0 Å². The highest BCUT2D eigenvalue weighted by Crippen LogP contribution is 2.51. The lowest BCUT2D eigenvalue weighted by atomic mass is 9.86. The molecule has 1 fully saturated rings. The standard InChI is InChI=1S/C21H23NO3/c1-22-11-14-10-13-6-5-9-17(23-2)19(13)20(14)21(22)18-12-24-15-7-3-4-8-16(15)25-18/h3-9,14,18,20-21H,10-12H2,1-2H3/t14?,18-,20?,21?/m0/s1. The van der Waals surface area contributed by atoms with Crippen molar-refractivity contribution in [1.82, 2.24) is 4.90 Å². The first-order valence-corrected chi connectivity index (χ1v) is 9.00. The molecule has 2 heterocycles. The number of hydrogen-bond acceptors (Lipinski definition) is 4. The highest BCUT2D eigenvalue weighted by molar-refractivity contribution is 5.49. The Morgan fingerprint density at radius 3 is 2.76 bits per heavy atom. The van der Waals surface area contributed by atoms with Crippen LogP contribution in [0.4, 0.5) is 0 Å². The molecule has 3 aliphatic rings. The summed E-state index contributed by atoms with van der Waals surface area (Å²) in [5.74, 6) is 3.79. The summed E-state index contributed by atoms with van der Waals surface area (Å²) in [6.07, 6.45) is 1.16. The molecule has 5 rings (SSSR count). The zero-order valence-corrected chi connectivity index (χ0v) is 14.6. The van der Waals surface area contributed by atoms with Gasteiger partial charge in [0.05, 0.1) is 13.2 Å². The first-order chi connectivity index (χ1) is 12.3. The maximum absolute atomic E-state index is 6.38.